The zero-order valence-electron chi connectivity index (χ0n) is 13.4. The first kappa shape index (κ1) is 16.5. The Morgan fingerprint density at radius 3 is 2.54 bits per heavy atom. The number of nitrogens with one attached hydrogen (secondary N) is 1. The monoisotopic (exact) mass is 410 g/mol. The minimum atomic E-state index is -0.406. The van der Waals surface area contributed by atoms with Crippen LogP contribution in [0.3, 0.4) is 0 Å². The van der Waals surface area contributed by atoms with E-state index in [4.69, 9.17) is 4.42 Å². The highest BCUT2D eigenvalue weighted by Crippen LogP contribution is 2.26. The van der Waals surface area contributed by atoms with Gasteiger partial charge in [-0.2, -0.15) is 0 Å². The van der Waals surface area contributed by atoms with Crippen LogP contribution in [0.1, 0.15) is 10.4 Å². The van der Waals surface area contributed by atoms with Crippen LogP contribution in [-0.4, -0.2) is 10.9 Å². The Balaban J connectivity index is 1.55. The molecule has 1 heterocycles. The normalized spacial score (nSPS) is 10.8. The van der Waals surface area contributed by atoms with Gasteiger partial charge in [-0.3, -0.25) is 4.79 Å². The van der Waals surface area contributed by atoms with E-state index in [9.17, 15) is 9.18 Å². The van der Waals surface area contributed by atoms with Crippen LogP contribution in [0, 0.1) is 5.82 Å². The minimum absolute atomic E-state index is 0.327. The molecule has 0 spiro atoms. The highest BCUT2D eigenvalue weighted by molar-refractivity contribution is 9.10. The van der Waals surface area contributed by atoms with E-state index in [1.165, 1.54) is 18.2 Å². The van der Waals surface area contributed by atoms with Gasteiger partial charge < -0.3 is 9.73 Å². The van der Waals surface area contributed by atoms with Crippen molar-refractivity contribution >= 4 is 38.6 Å². The van der Waals surface area contributed by atoms with Crippen LogP contribution in [0.25, 0.3) is 22.6 Å². The average molecular weight is 411 g/mol. The number of hydrogen-bond acceptors (Lipinski definition) is 3. The molecule has 6 heteroatoms. The summed E-state index contributed by atoms with van der Waals surface area (Å²) in [5.41, 5.74) is 3.30. The number of carbonyl (C=O) groups is 1. The van der Waals surface area contributed by atoms with E-state index in [2.05, 4.69) is 26.2 Å². The van der Waals surface area contributed by atoms with Gasteiger partial charge in [0.1, 0.15) is 11.3 Å². The van der Waals surface area contributed by atoms with E-state index in [1.807, 2.05) is 36.4 Å². The van der Waals surface area contributed by atoms with Gasteiger partial charge in [-0.05, 0) is 70.5 Å². The Labute approximate surface area is 156 Å². The number of aromatic nitrogens is 1. The van der Waals surface area contributed by atoms with Crippen LogP contribution in [0.4, 0.5) is 10.1 Å². The summed E-state index contributed by atoms with van der Waals surface area (Å²) in [4.78, 5) is 16.8. The highest BCUT2D eigenvalue weighted by atomic mass is 79.9. The van der Waals surface area contributed by atoms with Crippen LogP contribution in [0.5, 0.6) is 0 Å². The van der Waals surface area contributed by atoms with Crippen molar-refractivity contribution in [1.29, 1.82) is 0 Å². The number of para-hydroxylation sites is 2. The second-order valence-corrected chi connectivity index (χ2v) is 6.50. The van der Waals surface area contributed by atoms with Crippen LogP contribution < -0.4 is 5.32 Å². The summed E-state index contributed by atoms with van der Waals surface area (Å²) >= 11 is 3.20. The maximum atomic E-state index is 13.1. The van der Waals surface area contributed by atoms with E-state index in [0.717, 1.165) is 16.7 Å². The number of oxazole rings is 1. The van der Waals surface area contributed by atoms with Crippen molar-refractivity contribution in [3.05, 3.63) is 82.6 Å². The minimum Gasteiger partial charge on any atom is -0.436 e. The zero-order chi connectivity index (χ0) is 18.1. The Hall–Kier alpha value is -2.99. The molecule has 3 aromatic carbocycles. The van der Waals surface area contributed by atoms with E-state index >= 15 is 0 Å². The largest absolute Gasteiger partial charge is 0.436 e. The molecule has 4 aromatic rings. The molecule has 128 valence electrons. The number of benzene rings is 3. The lowest BCUT2D eigenvalue weighted by Gasteiger charge is -2.07. The van der Waals surface area contributed by atoms with Gasteiger partial charge in [0.25, 0.3) is 5.91 Å². The molecule has 0 aliphatic heterocycles. The van der Waals surface area contributed by atoms with Crippen molar-refractivity contribution in [2.45, 2.75) is 0 Å². The number of hydrogen-bond donors (Lipinski definition) is 1. The highest BCUT2D eigenvalue weighted by Gasteiger charge is 2.12. The fraction of sp³-hybridized carbons (Fsp3) is 0. The molecule has 0 atom stereocenters. The van der Waals surface area contributed by atoms with Crippen molar-refractivity contribution in [2.75, 3.05) is 5.32 Å². The van der Waals surface area contributed by atoms with Crippen LogP contribution in [0.2, 0.25) is 0 Å². The Bertz CT molecular complexity index is 1070. The van der Waals surface area contributed by atoms with Gasteiger partial charge in [0.05, 0.1) is 5.56 Å². The zero-order valence-corrected chi connectivity index (χ0v) is 15.0. The van der Waals surface area contributed by atoms with Gasteiger partial charge in [-0.25, -0.2) is 9.37 Å². The number of amides is 1. The van der Waals surface area contributed by atoms with Gasteiger partial charge in [0.2, 0.25) is 5.89 Å². The van der Waals surface area contributed by atoms with Crippen LogP contribution >= 0.6 is 15.9 Å². The first-order valence-electron chi connectivity index (χ1n) is 7.82. The number of rotatable bonds is 3. The maximum absolute atomic E-state index is 13.1. The Morgan fingerprint density at radius 2 is 1.81 bits per heavy atom. The Kier molecular flexibility index (Phi) is 4.26. The quantitative estimate of drug-likeness (QED) is 0.474. The molecule has 4 nitrogen and oxygen atoms in total. The first-order chi connectivity index (χ1) is 12.6. The third-order valence-electron chi connectivity index (χ3n) is 3.86. The lowest BCUT2D eigenvalue weighted by molar-refractivity contribution is 0.102. The third kappa shape index (κ3) is 3.23. The van der Waals surface area contributed by atoms with Crippen molar-refractivity contribution in [3.63, 3.8) is 0 Å². The van der Waals surface area contributed by atoms with Gasteiger partial charge in [-0.1, -0.05) is 12.1 Å². The van der Waals surface area contributed by atoms with E-state index in [1.54, 1.807) is 12.1 Å². The lowest BCUT2D eigenvalue weighted by Crippen LogP contribution is -2.12. The molecule has 0 bridgehead atoms. The summed E-state index contributed by atoms with van der Waals surface area (Å²) < 4.78 is 19.3. The van der Waals surface area contributed by atoms with Crippen LogP contribution in [0.15, 0.2) is 75.6 Å². The number of anilines is 1. The van der Waals surface area contributed by atoms with Gasteiger partial charge >= 0.3 is 0 Å². The standard InChI is InChI=1S/C20H12BrFN2O2/c21-16-11-13(22)7-10-15(16)19(25)23-14-8-5-12(6-9-14)20-24-17-3-1-2-4-18(17)26-20/h1-11H,(H,23,25). The summed E-state index contributed by atoms with van der Waals surface area (Å²) in [5, 5.41) is 2.78. The summed E-state index contributed by atoms with van der Waals surface area (Å²) in [6.45, 7) is 0. The SMILES string of the molecule is O=C(Nc1ccc(-c2nc3ccccc3o2)cc1)c1ccc(F)cc1Br. The van der Waals surface area contributed by atoms with Gasteiger partial charge in [-0.15, -0.1) is 0 Å². The molecule has 0 aliphatic carbocycles. The summed E-state index contributed by atoms with van der Waals surface area (Å²) in [5.74, 6) is -0.215. The smallest absolute Gasteiger partial charge is 0.256 e. The van der Waals surface area contributed by atoms with Crippen molar-refractivity contribution in [2.24, 2.45) is 0 Å². The van der Waals surface area contributed by atoms with E-state index < -0.39 is 5.82 Å². The molecule has 0 saturated carbocycles. The number of halogens is 2. The fourth-order valence-electron chi connectivity index (χ4n) is 2.56. The molecular weight excluding hydrogens is 399 g/mol. The van der Waals surface area contributed by atoms with Crippen molar-refractivity contribution in [1.82, 2.24) is 4.98 Å². The molecule has 0 aliphatic rings. The lowest BCUT2D eigenvalue weighted by atomic mass is 10.2. The summed E-state index contributed by atoms with van der Waals surface area (Å²) in [6, 6.07) is 18.6. The van der Waals surface area contributed by atoms with Gasteiger partial charge in [0, 0.05) is 15.7 Å². The average Bonchev–Trinajstić information content (AvgIpc) is 3.06. The third-order valence-corrected chi connectivity index (χ3v) is 4.52. The van der Waals surface area contributed by atoms with Crippen molar-refractivity contribution < 1.29 is 13.6 Å². The molecule has 26 heavy (non-hydrogen) atoms. The first-order valence-corrected chi connectivity index (χ1v) is 8.62. The summed E-state index contributed by atoms with van der Waals surface area (Å²) in [6.07, 6.45) is 0. The maximum Gasteiger partial charge on any atom is 0.256 e. The topological polar surface area (TPSA) is 55.1 Å². The fourth-order valence-corrected chi connectivity index (χ4v) is 3.09. The number of nitrogens with zero attached hydrogens (tertiary/aromatic N) is 1. The number of carbonyl (C=O) groups excluding carboxylic acids is 1. The predicted molar refractivity (Wildman–Crippen MR) is 101 cm³/mol. The Morgan fingerprint density at radius 1 is 1.04 bits per heavy atom. The molecule has 1 N–H and O–H groups in total. The van der Waals surface area contributed by atoms with Gasteiger partial charge in [0.15, 0.2) is 5.58 Å². The molecule has 0 saturated heterocycles. The van der Waals surface area contributed by atoms with E-state index in [-0.39, 0.29) is 5.91 Å². The van der Waals surface area contributed by atoms with E-state index in [0.29, 0.717) is 21.6 Å². The van der Waals surface area contributed by atoms with Crippen molar-refractivity contribution in [3.8, 4) is 11.5 Å². The van der Waals surface area contributed by atoms with Crippen LogP contribution in [-0.2, 0) is 0 Å². The molecule has 0 unspecified atom stereocenters. The molecular formula is C20H12BrFN2O2. The predicted octanol–water partition coefficient (Wildman–Crippen LogP) is 5.65. The molecule has 1 aromatic heterocycles. The molecule has 0 fully saturated rings. The second kappa shape index (κ2) is 6.72. The molecule has 4 rings (SSSR count). The molecule has 1 amide bonds. The summed E-state index contributed by atoms with van der Waals surface area (Å²) in [7, 11) is 0. The number of fused-ring (bicyclic) bond motifs is 1. The second-order valence-electron chi connectivity index (χ2n) is 5.64. The molecule has 0 radical (unpaired) electrons.